The third-order valence-corrected chi connectivity index (χ3v) is 7.71. The summed E-state index contributed by atoms with van der Waals surface area (Å²) in [4.78, 5) is 27.0. The van der Waals surface area contributed by atoms with Crippen molar-refractivity contribution < 1.29 is 0 Å². The van der Waals surface area contributed by atoms with Crippen LogP contribution >= 0.6 is 0 Å². The normalized spacial score (nSPS) is 21.8. The largest absolute Gasteiger partial charge is 0.369 e. The maximum absolute atomic E-state index is 12.9. The molecule has 0 atom stereocenters. The van der Waals surface area contributed by atoms with E-state index in [0.29, 0.717) is 11.9 Å². The van der Waals surface area contributed by atoms with Gasteiger partial charge in [0.05, 0.1) is 0 Å². The molecule has 1 aromatic carbocycles. The molecule has 3 aromatic rings. The molecular weight excluding hydrogens is 424 g/mol. The van der Waals surface area contributed by atoms with E-state index in [2.05, 4.69) is 65.3 Å². The fourth-order valence-corrected chi connectivity index (χ4v) is 5.43. The van der Waals surface area contributed by atoms with Gasteiger partial charge in [-0.2, -0.15) is 4.98 Å². The molecule has 1 aliphatic carbocycles. The number of piperazine rings is 1. The Morgan fingerprint density at radius 3 is 2.32 bits per heavy atom. The van der Waals surface area contributed by atoms with Gasteiger partial charge in [-0.3, -0.25) is 9.36 Å². The van der Waals surface area contributed by atoms with Gasteiger partial charge < -0.3 is 15.1 Å². The molecule has 0 unspecified atom stereocenters. The van der Waals surface area contributed by atoms with Gasteiger partial charge in [-0.05, 0) is 74.9 Å². The number of anilines is 3. The summed E-state index contributed by atoms with van der Waals surface area (Å²) in [5, 5.41) is 4.24. The molecule has 2 fully saturated rings. The van der Waals surface area contributed by atoms with Gasteiger partial charge >= 0.3 is 0 Å². The lowest BCUT2D eigenvalue weighted by atomic mass is 9.79. The highest BCUT2D eigenvalue weighted by Crippen LogP contribution is 2.36. The Morgan fingerprint density at radius 2 is 1.65 bits per heavy atom. The van der Waals surface area contributed by atoms with Crippen LogP contribution in [0.25, 0.3) is 11.0 Å². The number of pyridine rings is 1. The van der Waals surface area contributed by atoms with E-state index in [1.807, 2.05) is 16.8 Å². The number of aromatic nitrogens is 3. The Bertz CT molecular complexity index is 1170. The van der Waals surface area contributed by atoms with Gasteiger partial charge in [0, 0.05) is 61.2 Å². The minimum Gasteiger partial charge on any atom is -0.369 e. The second-order valence-corrected chi connectivity index (χ2v) is 10.3. The minimum absolute atomic E-state index is 0.0293. The third-order valence-electron chi connectivity index (χ3n) is 7.71. The predicted molar refractivity (Wildman–Crippen MR) is 139 cm³/mol. The van der Waals surface area contributed by atoms with E-state index in [0.717, 1.165) is 61.7 Å². The molecule has 2 aromatic heterocycles. The van der Waals surface area contributed by atoms with Crippen LogP contribution in [0, 0.1) is 11.8 Å². The Labute approximate surface area is 201 Å². The molecule has 0 spiro atoms. The quantitative estimate of drug-likeness (QED) is 0.597. The second-order valence-electron chi connectivity index (χ2n) is 10.3. The lowest BCUT2D eigenvalue weighted by molar-refractivity contribution is 0.226. The van der Waals surface area contributed by atoms with E-state index >= 15 is 0 Å². The molecule has 3 heterocycles. The van der Waals surface area contributed by atoms with Crippen LogP contribution in [-0.4, -0.2) is 52.7 Å². The third kappa shape index (κ3) is 4.80. The number of hydrogen-bond acceptors (Lipinski definition) is 6. The monoisotopic (exact) mass is 460 g/mol. The summed E-state index contributed by atoms with van der Waals surface area (Å²) >= 11 is 0. The maximum atomic E-state index is 12.9. The lowest BCUT2D eigenvalue weighted by Crippen LogP contribution is -2.44. The van der Waals surface area contributed by atoms with Crippen LogP contribution < -0.4 is 15.8 Å². The van der Waals surface area contributed by atoms with Gasteiger partial charge in [-0.15, -0.1) is 0 Å². The fraction of sp³-hybridized carbons (Fsp3) is 0.519. The fourth-order valence-electron chi connectivity index (χ4n) is 5.43. The number of rotatable bonds is 5. The van der Waals surface area contributed by atoms with E-state index in [4.69, 9.17) is 4.98 Å². The first-order valence-corrected chi connectivity index (χ1v) is 12.7. The Hall–Kier alpha value is -2.93. The van der Waals surface area contributed by atoms with E-state index in [1.165, 1.54) is 18.5 Å². The van der Waals surface area contributed by atoms with Crippen LogP contribution in [0.2, 0.25) is 0 Å². The standard InChI is InChI=1S/C27H36N6O/c1-19(2)20-4-9-24(10-5-20)33-25(34)13-6-21-18-28-27(30-26(21)33)29-22-7-11-23(12-8-22)32-16-14-31(3)15-17-32/h6-8,11-13,18-20,24H,4-5,9-10,14-17H2,1-3H3,(H,28,29,30). The van der Waals surface area contributed by atoms with Crippen molar-refractivity contribution in [2.24, 2.45) is 11.8 Å². The molecule has 1 N–H and O–H groups in total. The zero-order valence-corrected chi connectivity index (χ0v) is 20.6. The maximum Gasteiger partial charge on any atom is 0.252 e. The van der Waals surface area contributed by atoms with Gasteiger partial charge in [0.25, 0.3) is 5.56 Å². The molecule has 7 heteroatoms. The first kappa shape index (κ1) is 22.8. The highest BCUT2D eigenvalue weighted by molar-refractivity contribution is 5.76. The highest BCUT2D eigenvalue weighted by Gasteiger charge is 2.26. The Kier molecular flexibility index (Phi) is 6.55. The van der Waals surface area contributed by atoms with Crippen molar-refractivity contribution in [3.63, 3.8) is 0 Å². The first-order chi connectivity index (χ1) is 16.5. The van der Waals surface area contributed by atoms with E-state index < -0.39 is 0 Å². The topological polar surface area (TPSA) is 66.3 Å². The van der Waals surface area contributed by atoms with Crippen LogP contribution in [0.4, 0.5) is 17.3 Å². The van der Waals surface area contributed by atoms with Gasteiger partial charge in [0.15, 0.2) is 0 Å². The molecular formula is C27H36N6O. The molecule has 1 saturated heterocycles. The number of benzene rings is 1. The first-order valence-electron chi connectivity index (χ1n) is 12.7. The van der Waals surface area contributed by atoms with Crippen LogP contribution in [-0.2, 0) is 0 Å². The Morgan fingerprint density at radius 1 is 0.941 bits per heavy atom. The zero-order chi connectivity index (χ0) is 23.7. The highest BCUT2D eigenvalue weighted by atomic mass is 16.1. The lowest BCUT2D eigenvalue weighted by Gasteiger charge is -2.34. The summed E-state index contributed by atoms with van der Waals surface area (Å²) in [6.45, 7) is 8.88. The van der Waals surface area contributed by atoms with E-state index in [9.17, 15) is 4.79 Å². The van der Waals surface area contributed by atoms with Crippen molar-refractivity contribution in [1.82, 2.24) is 19.4 Å². The van der Waals surface area contributed by atoms with Crippen molar-refractivity contribution in [2.75, 3.05) is 43.4 Å². The molecule has 7 nitrogen and oxygen atoms in total. The molecule has 0 amide bonds. The average Bonchev–Trinajstić information content (AvgIpc) is 2.85. The molecule has 0 radical (unpaired) electrons. The van der Waals surface area contributed by atoms with Crippen molar-refractivity contribution in [3.05, 3.63) is 52.9 Å². The number of nitrogens with one attached hydrogen (secondary N) is 1. The molecule has 1 saturated carbocycles. The van der Waals surface area contributed by atoms with E-state index in [1.54, 1.807) is 6.07 Å². The van der Waals surface area contributed by atoms with Crippen molar-refractivity contribution >= 4 is 28.4 Å². The van der Waals surface area contributed by atoms with Crippen molar-refractivity contribution in [3.8, 4) is 0 Å². The summed E-state index contributed by atoms with van der Waals surface area (Å²) in [5.74, 6) is 1.98. The number of nitrogens with zero attached hydrogens (tertiary/aromatic N) is 5. The second kappa shape index (κ2) is 9.74. The summed E-state index contributed by atoms with van der Waals surface area (Å²) < 4.78 is 1.91. The minimum atomic E-state index is 0.0293. The van der Waals surface area contributed by atoms with Crippen LogP contribution in [0.3, 0.4) is 0 Å². The van der Waals surface area contributed by atoms with Gasteiger partial charge in [-0.25, -0.2) is 4.98 Å². The SMILES string of the molecule is CC(C)C1CCC(n2c(=O)ccc3cnc(Nc4ccc(N5CCN(C)CC5)cc4)nc32)CC1. The Balaban J connectivity index is 1.36. The van der Waals surface area contributed by atoms with Gasteiger partial charge in [0.2, 0.25) is 5.95 Å². The average molecular weight is 461 g/mol. The molecule has 2 aliphatic rings. The van der Waals surface area contributed by atoms with Gasteiger partial charge in [0.1, 0.15) is 5.65 Å². The van der Waals surface area contributed by atoms with Crippen molar-refractivity contribution in [2.45, 2.75) is 45.6 Å². The smallest absolute Gasteiger partial charge is 0.252 e. The van der Waals surface area contributed by atoms with Crippen LogP contribution in [0.1, 0.15) is 45.6 Å². The summed E-state index contributed by atoms with van der Waals surface area (Å²) in [6, 6.07) is 12.2. The summed E-state index contributed by atoms with van der Waals surface area (Å²) in [5.41, 5.74) is 2.94. The number of fused-ring (bicyclic) bond motifs is 1. The molecule has 1 aliphatic heterocycles. The van der Waals surface area contributed by atoms with Crippen LogP contribution in [0.5, 0.6) is 0 Å². The van der Waals surface area contributed by atoms with Crippen molar-refractivity contribution in [1.29, 1.82) is 0 Å². The summed E-state index contributed by atoms with van der Waals surface area (Å²) in [7, 11) is 2.17. The summed E-state index contributed by atoms with van der Waals surface area (Å²) in [6.07, 6.45) is 6.21. The zero-order valence-electron chi connectivity index (χ0n) is 20.6. The number of hydrogen-bond donors (Lipinski definition) is 1. The van der Waals surface area contributed by atoms with E-state index in [-0.39, 0.29) is 11.6 Å². The van der Waals surface area contributed by atoms with Crippen LogP contribution in [0.15, 0.2) is 47.4 Å². The molecule has 5 rings (SSSR count). The molecule has 180 valence electrons. The van der Waals surface area contributed by atoms with Gasteiger partial charge in [-0.1, -0.05) is 13.8 Å². The molecule has 34 heavy (non-hydrogen) atoms. The predicted octanol–water partition coefficient (Wildman–Crippen LogP) is 4.67. The molecule has 0 bridgehead atoms. The number of likely N-dealkylation sites (N-methyl/N-ethyl adjacent to an activating group) is 1.